The van der Waals surface area contributed by atoms with Crippen LogP contribution in [0.1, 0.15) is 59.3 Å². The van der Waals surface area contributed by atoms with Crippen LogP contribution >= 0.6 is 0 Å². The molecule has 3 nitrogen and oxygen atoms in total. The van der Waals surface area contributed by atoms with Crippen LogP contribution in [0.5, 0.6) is 0 Å². The van der Waals surface area contributed by atoms with Crippen molar-refractivity contribution in [2.45, 2.75) is 64.8 Å². The summed E-state index contributed by atoms with van der Waals surface area (Å²) in [6.07, 6.45) is 8.33. The molecule has 0 amide bonds. The standard InChI is InChI=1S/C18H36N2O/c1-17(2,3)19-14-18(9-5-6-10-18)15-20(4)11-12-21-13-16-7-8-16/h16,19H,5-15H2,1-4H3. The Morgan fingerprint density at radius 3 is 2.43 bits per heavy atom. The molecular formula is C18H36N2O. The largest absolute Gasteiger partial charge is 0.380 e. The van der Waals surface area contributed by atoms with E-state index in [4.69, 9.17) is 4.74 Å². The summed E-state index contributed by atoms with van der Waals surface area (Å²) in [7, 11) is 2.26. The van der Waals surface area contributed by atoms with Gasteiger partial charge in [-0.1, -0.05) is 12.8 Å². The third-order valence-electron chi connectivity index (χ3n) is 4.93. The van der Waals surface area contributed by atoms with Crippen molar-refractivity contribution in [2.24, 2.45) is 11.3 Å². The maximum Gasteiger partial charge on any atom is 0.0593 e. The van der Waals surface area contributed by atoms with E-state index in [2.05, 4.69) is 38.0 Å². The Bertz CT molecular complexity index is 301. The minimum absolute atomic E-state index is 0.224. The minimum atomic E-state index is 0.224. The molecule has 0 saturated heterocycles. The summed E-state index contributed by atoms with van der Waals surface area (Å²) in [5.41, 5.74) is 0.708. The predicted molar refractivity (Wildman–Crippen MR) is 89.7 cm³/mol. The van der Waals surface area contributed by atoms with Crippen molar-refractivity contribution in [3.05, 3.63) is 0 Å². The zero-order valence-electron chi connectivity index (χ0n) is 14.7. The highest BCUT2D eigenvalue weighted by Gasteiger charge is 2.35. The van der Waals surface area contributed by atoms with Crippen LogP contribution in [-0.2, 0) is 4.74 Å². The summed E-state index contributed by atoms with van der Waals surface area (Å²) >= 11 is 0. The van der Waals surface area contributed by atoms with Gasteiger partial charge in [0.15, 0.2) is 0 Å². The van der Waals surface area contributed by atoms with Crippen molar-refractivity contribution in [3.63, 3.8) is 0 Å². The molecule has 0 aromatic rings. The molecule has 124 valence electrons. The second-order valence-electron chi connectivity index (χ2n) is 8.57. The first kappa shape index (κ1) is 17.2. The van der Waals surface area contributed by atoms with Gasteiger partial charge in [0.25, 0.3) is 0 Å². The van der Waals surface area contributed by atoms with Crippen LogP contribution in [0, 0.1) is 11.3 Å². The number of rotatable bonds is 9. The van der Waals surface area contributed by atoms with Crippen LogP contribution in [0.4, 0.5) is 0 Å². The molecule has 2 aliphatic rings. The van der Waals surface area contributed by atoms with E-state index in [-0.39, 0.29) is 5.54 Å². The molecule has 2 saturated carbocycles. The molecule has 0 aromatic heterocycles. The number of hydrogen-bond acceptors (Lipinski definition) is 3. The van der Waals surface area contributed by atoms with Gasteiger partial charge in [-0.3, -0.25) is 0 Å². The maximum atomic E-state index is 5.78. The maximum absolute atomic E-state index is 5.78. The Kier molecular flexibility index (Phi) is 6.10. The molecule has 0 aliphatic heterocycles. The summed E-state index contributed by atoms with van der Waals surface area (Å²) in [6.45, 7) is 12.1. The fourth-order valence-electron chi connectivity index (χ4n) is 3.37. The lowest BCUT2D eigenvalue weighted by molar-refractivity contribution is 0.0851. The van der Waals surface area contributed by atoms with Gasteiger partial charge < -0.3 is 15.0 Å². The quantitative estimate of drug-likeness (QED) is 0.661. The fourth-order valence-corrected chi connectivity index (χ4v) is 3.37. The monoisotopic (exact) mass is 296 g/mol. The van der Waals surface area contributed by atoms with Gasteiger partial charge in [-0.2, -0.15) is 0 Å². The Labute approximate surface area is 131 Å². The summed E-state index contributed by atoms with van der Waals surface area (Å²) in [6, 6.07) is 0. The molecule has 0 bridgehead atoms. The van der Waals surface area contributed by atoms with Crippen molar-refractivity contribution in [2.75, 3.05) is 39.9 Å². The van der Waals surface area contributed by atoms with Gasteiger partial charge in [0.05, 0.1) is 6.61 Å². The van der Waals surface area contributed by atoms with E-state index in [9.17, 15) is 0 Å². The molecule has 2 rings (SSSR count). The smallest absolute Gasteiger partial charge is 0.0593 e. The number of ether oxygens (including phenoxy) is 1. The van der Waals surface area contributed by atoms with Crippen LogP contribution in [0.25, 0.3) is 0 Å². The number of likely N-dealkylation sites (N-methyl/N-ethyl adjacent to an activating group) is 1. The van der Waals surface area contributed by atoms with Crippen LogP contribution in [-0.4, -0.2) is 50.3 Å². The Hall–Kier alpha value is -0.120. The van der Waals surface area contributed by atoms with Gasteiger partial charge >= 0.3 is 0 Å². The van der Waals surface area contributed by atoms with E-state index in [0.717, 1.165) is 32.2 Å². The van der Waals surface area contributed by atoms with Crippen molar-refractivity contribution in [1.29, 1.82) is 0 Å². The lowest BCUT2D eigenvalue weighted by Crippen LogP contribution is -2.47. The summed E-state index contributed by atoms with van der Waals surface area (Å²) in [5, 5.41) is 3.74. The number of nitrogens with zero attached hydrogens (tertiary/aromatic N) is 1. The molecule has 1 N–H and O–H groups in total. The van der Waals surface area contributed by atoms with Gasteiger partial charge in [0.2, 0.25) is 0 Å². The summed E-state index contributed by atoms with van der Waals surface area (Å²) in [4.78, 5) is 2.49. The van der Waals surface area contributed by atoms with Gasteiger partial charge in [0.1, 0.15) is 0 Å². The zero-order valence-corrected chi connectivity index (χ0v) is 14.7. The molecule has 0 radical (unpaired) electrons. The highest BCUT2D eigenvalue weighted by molar-refractivity contribution is 4.90. The normalized spacial score (nSPS) is 22.1. The van der Waals surface area contributed by atoms with Crippen molar-refractivity contribution >= 4 is 0 Å². The van der Waals surface area contributed by atoms with Crippen molar-refractivity contribution < 1.29 is 4.74 Å². The minimum Gasteiger partial charge on any atom is -0.380 e. The molecule has 21 heavy (non-hydrogen) atoms. The average molecular weight is 296 g/mol. The highest BCUT2D eigenvalue weighted by Crippen LogP contribution is 2.38. The lowest BCUT2D eigenvalue weighted by atomic mass is 9.84. The second-order valence-corrected chi connectivity index (χ2v) is 8.57. The topological polar surface area (TPSA) is 24.5 Å². The molecular weight excluding hydrogens is 260 g/mol. The van der Waals surface area contributed by atoms with Gasteiger partial charge in [-0.05, 0) is 64.8 Å². The van der Waals surface area contributed by atoms with E-state index >= 15 is 0 Å². The van der Waals surface area contributed by atoms with Gasteiger partial charge in [-0.25, -0.2) is 0 Å². The van der Waals surface area contributed by atoms with Gasteiger partial charge in [0, 0.05) is 31.8 Å². The van der Waals surface area contributed by atoms with E-state index in [1.807, 2.05) is 0 Å². The summed E-state index contributed by atoms with van der Waals surface area (Å²) < 4.78 is 5.78. The summed E-state index contributed by atoms with van der Waals surface area (Å²) in [5.74, 6) is 0.882. The molecule has 3 heteroatoms. The first-order valence-corrected chi connectivity index (χ1v) is 8.90. The fraction of sp³-hybridized carbons (Fsp3) is 1.00. The van der Waals surface area contributed by atoms with E-state index in [0.29, 0.717) is 5.41 Å². The molecule has 0 heterocycles. The Morgan fingerprint density at radius 2 is 1.86 bits per heavy atom. The van der Waals surface area contributed by atoms with Gasteiger partial charge in [-0.15, -0.1) is 0 Å². The van der Waals surface area contributed by atoms with Crippen LogP contribution in [0.2, 0.25) is 0 Å². The van der Waals surface area contributed by atoms with E-state index in [1.54, 1.807) is 0 Å². The van der Waals surface area contributed by atoms with Crippen molar-refractivity contribution in [1.82, 2.24) is 10.2 Å². The number of nitrogens with one attached hydrogen (secondary N) is 1. The average Bonchev–Trinajstić information content (AvgIpc) is 3.11. The molecule has 2 aliphatic carbocycles. The molecule has 0 spiro atoms. The molecule has 0 atom stereocenters. The first-order valence-electron chi connectivity index (χ1n) is 8.90. The van der Waals surface area contributed by atoms with Crippen LogP contribution < -0.4 is 5.32 Å². The third-order valence-corrected chi connectivity index (χ3v) is 4.93. The Balaban J connectivity index is 1.69. The lowest BCUT2D eigenvalue weighted by Gasteiger charge is -2.36. The predicted octanol–water partition coefficient (Wildman–Crippen LogP) is 3.29. The third kappa shape index (κ3) is 6.66. The SMILES string of the molecule is CN(CCOCC1CC1)CC1(CNC(C)(C)C)CCCC1. The first-order chi connectivity index (χ1) is 9.89. The van der Waals surface area contributed by atoms with Crippen LogP contribution in [0.15, 0.2) is 0 Å². The van der Waals surface area contributed by atoms with E-state index in [1.165, 1.54) is 45.1 Å². The van der Waals surface area contributed by atoms with Crippen molar-refractivity contribution in [3.8, 4) is 0 Å². The number of hydrogen-bond donors (Lipinski definition) is 1. The highest BCUT2D eigenvalue weighted by atomic mass is 16.5. The van der Waals surface area contributed by atoms with E-state index < -0.39 is 0 Å². The molecule has 2 fully saturated rings. The zero-order chi connectivity index (χ0) is 15.3. The molecule has 0 aromatic carbocycles. The van der Waals surface area contributed by atoms with Crippen LogP contribution in [0.3, 0.4) is 0 Å². The Morgan fingerprint density at radius 1 is 1.19 bits per heavy atom. The second kappa shape index (κ2) is 7.43. The molecule has 0 unspecified atom stereocenters.